The van der Waals surface area contributed by atoms with E-state index in [0.717, 1.165) is 49.6 Å². The van der Waals surface area contributed by atoms with Crippen molar-refractivity contribution in [2.75, 3.05) is 20.2 Å². The highest BCUT2D eigenvalue weighted by atomic mass is 16.5. The maximum atomic E-state index is 13.2. The van der Waals surface area contributed by atoms with Crippen molar-refractivity contribution < 1.29 is 4.74 Å². The highest BCUT2D eigenvalue weighted by molar-refractivity contribution is 5.58. The fraction of sp³-hybridized carbons (Fsp3) is 0.400. The normalized spacial score (nSPS) is 20.4. The molecule has 1 atom stereocenters. The van der Waals surface area contributed by atoms with Gasteiger partial charge >= 0.3 is 0 Å². The number of hydrogen-bond acceptors (Lipinski definition) is 5. The van der Waals surface area contributed by atoms with Gasteiger partial charge in [-0.05, 0) is 63.1 Å². The molecule has 0 N–H and O–H groups in total. The molecular formula is C25H28N4O2. The first-order valence-corrected chi connectivity index (χ1v) is 10.9. The molecule has 160 valence electrons. The summed E-state index contributed by atoms with van der Waals surface area (Å²) in [5, 5.41) is 8.98. The van der Waals surface area contributed by atoms with Crippen LogP contribution in [-0.2, 0) is 18.5 Å². The van der Waals surface area contributed by atoms with Gasteiger partial charge < -0.3 is 4.74 Å². The molecule has 3 heterocycles. The number of aryl methyl sites for hydroxylation is 2. The van der Waals surface area contributed by atoms with Crippen LogP contribution in [-0.4, -0.2) is 39.9 Å². The third-order valence-corrected chi connectivity index (χ3v) is 6.72. The topological polar surface area (TPSA) is 60.3 Å². The largest absolute Gasteiger partial charge is 0.497 e. The van der Waals surface area contributed by atoms with Gasteiger partial charge in [-0.1, -0.05) is 29.3 Å². The molecule has 2 aliphatic heterocycles. The van der Waals surface area contributed by atoms with Crippen LogP contribution < -0.4 is 10.3 Å². The second kappa shape index (κ2) is 7.61. The molecule has 0 saturated carbocycles. The summed E-state index contributed by atoms with van der Waals surface area (Å²) in [7, 11) is 1.63. The molecule has 1 aromatic heterocycles. The molecule has 1 saturated heterocycles. The minimum Gasteiger partial charge on any atom is -0.497 e. The van der Waals surface area contributed by atoms with Gasteiger partial charge in [-0.25, -0.2) is 0 Å². The highest BCUT2D eigenvalue weighted by Crippen LogP contribution is 2.41. The number of benzene rings is 2. The van der Waals surface area contributed by atoms with Gasteiger partial charge in [0.15, 0.2) is 5.69 Å². The van der Waals surface area contributed by atoms with E-state index in [9.17, 15) is 4.79 Å². The van der Waals surface area contributed by atoms with Gasteiger partial charge in [0.25, 0.3) is 5.56 Å². The third-order valence-electron chi connectivity index (χ3n) is 6.72. The Labute approximate surface area is 182 Å². The number of aromatic nitrogens is 3. The standard InChI is InChI=1S/C25H28N4O2/c1-17-12-18(2)14-19(13-17)15-28-10-8-25(16-28)9-11-29-23(30)22(26-27-24(25)29)20-4-6-21(31-3)7-5-20/h4-7,12-14H,8-11,15-16H2,1-3H3. The summed E-state index contributed by atoms with van der Waals surface area (Å²) in [6, 6.07) is 14.2. The fourth-order valence-electron chi connectivity index (χ4n) is 5.28. The van der Waals surface area contributed by atoms with Crippen molar-refractivity contribution >= 4 is 0 Å². The molecule has 5 rings (SSSR count). The summed E-state index contributed by atoms with van der Waals surface area (Å²) in [6.45, 7) is 7.89. The van der Waals surface area contributed by atoms with Crippen LogP contribution in [0.5, 0.6) is 5.75 Å². The monoisotopic (exact) mass is 416 g/mol. The third kappa shape index (κ3) is 3.55. The van der Waals surface area contributed by atoms with Gasteiger partial charge in [0, 0.05) is 30.6 Å². The van der Waals surface area contributed by atoms with Crippen molar-refractivity contribution in [3.8, 4) is 17.0 Å². The van der Waals surface area contributed by atoms with Gasteiger partial charge in [-0.2, -0.15) is 0 Å². The maximum Gasteiger partial charge on any atom is 0.280 e. The van der Waals surface area contributed by atoms with Crippen molar-refractivity contribution in [2.45, 2.75) is 45.2 Å². The molecule has 1 unspecified atom stereocenters. The zero-order valence-electron chi connectivity index (χ0n) is 18.4. The minimum atomic E-state index is -0.0660. The van der Waals surface area contributed by atoms with E-state index in [1.807, 2.05) is 28.8 Å². The molecule has 0 radical (unpaired) electrons. The molecule has 6 heteroatoms. The van der Waals surface area contributed by atoms with Crippen LogP contribution in [0.25, 0.3) is 11.3 Å². The van der Waals surface area contributed by atoms with Crippen molar-refractivity contribution in [1.82, 2.24) is 19.7 Å². The Morgan fingerprint density at radius 2 is 1.71 bits per heavy atom. The average Bonchev–Trinajstić information content (AvgIpc) is 3.32. The first-order valence-electron chi connectivity index (χ1n) is 10.9. The molecule has 1 spiro atoms. The number of ether oxygens (including phenoxy) is 1. The molecule has 0 amide bonds. The van der Waals surface area contributed by atoms with E-state index >= 15 is 0 Å². The highest BCUT2D eigenvalue weighted by Gasteiger charge is 2.46. The van der Waals surface area contributed by atoms with E-state index in [4.69, 9.17) is 4.74 Å². The zero-order chi connectivity index (χ0) is 21.6. The van der Waals surface area contributed by atoms with E-state index in [1.54, 1.807) is 7.11 Å². The molecular weight excluding hydrogens is 388 g/mol. The number of hydrogen-bond donors (Lipinski definition) is 0. The quantitative estimate of drug-likeness (QED) is 0.652. The van der Waals surface area contributed by atoms with E-state index in [-0.39, 0.29) is 11.0 Å². The van der Waals surface area contributed by atoms with Crippen molar-refractivity contribution in [3.05, 3.63) is 75.3 Å². The van der Waals surface area contributed by atoms with Crippen LogP contribution in [0.3, 0.4) is 0 Å². The fourth-order valence-corrected chi connectivity index (χ4v) is 5.28. The van der Waals surface area contributed by atoms with Gasteiger partial charge in [0.2, 0.25) is 0 Å². The predicted molar refractivity (Wildman–Crippen MR) is 120 cm³/mol. The van der Waals surface area contributed by atoms with Gasteiger partial charge in [-0.3, -0.25) is 14.3 Å². The molecule has 2 aromatic carbocycles. The lowest BCUT2D eigenvalue weighted by Gasteiger charge is -2.23. The van der Waals surface area contributed by atoms with Crippen LogP contribution in [0.2, 0.25) is 0 Å². The van der Waals surface area contributed by atoms with Crippen LogP contribution in [0.15, 0.2) is 47.3 Å². The Balaban J connectivity index is 1.40. The molecule has 6 nitrogen and oxygen atoms in total. The van der Waals surface area contributed by atoms with Gasteiger partial charge in [-0.15, -0.1) is 10.2 Å². The number of methoxy groups -OCH3 is 1. The van der Waals surface area contributed by atoms with Crippen LogP contribution >= 0.6 is 0 Å². The lowest BCUT2D eigenvalue weighted by atomic mass is 9.85. The minimum absolute atomic E-state index is 0.0419. The summed E-state index contributed by atoms with van der Waals surface area (Å²) in [4.78, 5) is 15.7. The van der Waals surface area contributed by atoms with E-state index in [0.29, 0.717) is 12.2 Å². The number of nitrogens with zero attached hydrogens (tertiary/aromatic N) is 4. The Morgan fingerprint density at radius 3 is 2.42 bits per heavy atom. The molecule has 31 heavy (non-hydrogen) atoms. The number of fused-ring (bicyclic) bond motifs is 2. The maximum absolute atomic E-state index is 13.2. The summed E-state index contributed by atoms with van der Waals surface area (Å²) >= 11 is 0. The second-order valence-corrected chi connectivity index (χ2v) is 9.04. The smallest absolute Gasteiger partial charge is 0.280 e. The van der Waals surface area contributed by atoms with E-state index < -0.39 is 0 Å². The Morgan fingerprint density at radius 1 is 1.00 bits per heavy atom. The Bertz CT molecular complexity index is 1160. The zero-order valence-corrected chi connectivity index (χ0v) is 18.4. The van der Waals surface area contributed by atoms with Crippen LogP contribution in [0.1, 0.15) is 35.4 Å². The van der Waals surface area contributed by atoms with Crippen LogP contribution in [0.4, 0.5) is 0 Å². The molecule has 3 aromatic rings. The number of rotatable bonds is 4. The lowest BCUT2D eigenvalue weighted by molar-refractivity contribution is 0.299. The summed E-state index contributed by atoms with van der Waals surface area (Å²) in [5.41, 5.74) is 5.04. The molecule has 1 fully saturated rings. The summed E-state index contributed by atoms with van der Waals surface area (Å²) < 4.78 is 7.07. The van der Waals surface area contributed by atoms with Gasteiger partial charge in [0.1, 0.15) is 11.6 Å². The Kier molecular flexibility index (Phi) is 4.89. The van der Waals surface area contributed by atoms with E-state index in [2.05, 4.69) is 47.1 Å². The van der Waals surface area contributed by atoms with Crippen molar-refractivity contribution in [1.29, 1.82) is 0 Å². The van der Waals surface area contributed by atoms with Gasteiger partial charge in [0.05, 0.1) is 7.11 Å². The Hall–Kier alpha value is -2.99. The molecule has 0 bridgehead atoms. The van der Waals surface area contributed by atoms with Crippen LogP contribution in [0, 0.1) is 13.8 Å². The first-order chi connectivity index (χ1) is 15.0. The predicted octanol–water partition coefficient (Wildman–Crippen LogP) is 3.48. The summed E-state index contributed by atoms with van der Waals surface area (Å²) in [6.07, 6.45) is 1.97. The summed E-state index contributed by atoms with van der Waals surface area (Å²) in [5.74, 6) is 1.62. The SMILES string of the molecule is COc1ccc(-c2nnc3n(c2=O)CCC32CCN(Cc3cc(C)cc(C)c3)C2)cc1. The van der Waals surface area contributed by atoms with Crippen molar-refractivity contribution in [2.24, 2.45) is 0 Å². The van der Waals surface area contributed by atoms with Crippen molar-refractivity contribution in [3.63, 3.8) is 0 Å². The average molecular weight is 417 g/mol. The second-order valence-electron chi connectivity index (χ2n) is 9.04. The molecule has 0 aliphatic carbocycles. The first kappa shape index (κ1) is 19.9. The molecule has 2 aliphatic rings. The lowest BCUT2D eigenvalue weighted by Crippen LogP contribution is -2.33. The number of likely N-dealkylation sites (tertiary alicyclic amines) is 1. The van der Waals surface area contributed by atoms with E-state index in [1.165, 1.54) is 16.7 Å².